The highest BCUT2D eigenvalue weighted by Gasteiger charge is 2.12. The Labute approximate surface area is 110 Å². The monoisotopic (exact) mass is 262 g/mol. The Kier molecular flexibility index (Phi) is 3.94. The van der Waals surface area contributed by atoms with Gasteiger partial charge < -0.3 is 9.73 Å². The number of carbonyl (C=O) groups is 1. The quantitative estimate of drug-likeness (QED) is 0.919. The van der Waals surface area contributed by atoms with Crippen LogP contribution in [0.5, 0.6) is 0 Å². The number of nitrogens with one attached hydrogen (secondary N) is 1. The summed E-state index contributed by atoms with van der Waals surface area (Å²) in [7, 11) is 0. The first kappa shape index (κ1) is 13.3. The van der Waals surface area contributed by atoms with E-state index in [4.69, 9.17) is 4.42 Å². The molecule has 0 radical (unpaired) electrons. The molecule has 0 aliphatic rings. The van der Waals surface area contributed by atoms with Crippen molar-refractivity contribution in [1.82, 2.24) is 10.3 Å². The molecule has 0 aliphatic carbocycles. The van der Waals surface area contributed by atoms with Crippen molar-refractivity contribution in [3.05, 3.63) is 53.0 Å². The number of hydrogen-bond acceptors (Lipinski definition) is 3. The maximum Gasteiger partial charge on any atom is 0.227 e. The molecule has 5 heteroatoms. The highest BCUT2D eigenvalue weighted by atomic mass is 19.1. The van der Waals surface area contributed by atoms with Crippen molar-refractivity contribution in [2.24, 2.45) is 0 Å². The average molecular weight is 262 g/mol. The van der Waals surface area contributed by atoms with Crippen molar-refractivity contribution in [1.29, 1.82) is 0 Å². The minimum atomic E-state index is -0.325. The van der Waals surface area contributed by atoms with Crippen LogP contribution in [-0.2, 0) is 17.8 Å². The Morgan fingerprint density at radius 1 is 1.37 bits per heavy atom. The predicted octanol–water partition coefficient (Wildman–Crippen LogP) is 2.29. The van der Waals surface area contributed by atoms with Crippen molar-refractivity contribution < 1.29 is 13.6 Å². The fourth-order valence-corrected chi connectivity index (χ4v) is 1.78. The summed E-state index contributed by atoms with van der Waals surface area (Å²) in [4.78, 5) is 15.8. The summed E-state index contributed by atoms with van der Waals surface area (Å²) in [6.45, 7) is 3.68. The fourth-order valence-electron chi connectivity index (χ4n) is 1.78. The van der Waals surface area contributed by atoms with Gasteiger partial charge in [0.2, 0.25) is 5.91 Å². The van der Waals surface area contributed by atoms with E-state index in [0.717, 1.165) is 0 Å². The molecule has 0 saturated carbocycles. The third-order valence-electron chi connectivity index (χ3n) is 2.75. The molecular formula is C14H15FN2O2. The first-order valence-corrected chi connectivity index (χ1v) is 5.99. The van der Waals surface area contributed by atoms with Crippen molar-refractivity contribution >= 4 is 5.91 Å². The molecule has 1 aromatic carbocycles. The predicted molar refractivity (Wildman–Crippen MR) is 67.9 cm³/mol. The lowest BCUT2D eigenvalue weighted by Crippen LogP contribution is -2.25. The van der Waals surface area contributed by atoms with Gasteiger partial charge in [-0.1, -0.05) is 18.2 Å². The number of aromatic nitrogens is 1. The van der Waals surface area contributed by atoms with Crippen LogP contribution < -0.4 is 5.32 Å². The molecule has 0 aliphatic heterocycles. The van der Waals surface area contributed by atoms with Gasteiger partial charge in [-0.25, -0.2) is 9.37 Å². The molecular weight excluding hydrogens is 247 g/mol. The molecule has 1 N–H and O–H groups in total. The summed E-state index contributed by atoms with van der Waals surface area (Å²) < 4.78 is 18.7. The summed E-state index contributed by atoms with van der Waals surface area (Å²) in [5, 5.41) is 2.66. The Morgan fingerprint density at radius 3 is 2.74 bits per heavy atom. The average Bonchev–Trinajstić information content (AvgIpc) is 2.67. The molecule has 2 aromatic rings. The van der Waals surface area contributed by atoms with Gasteiger partial charge in [-0.05, 0) is 13.0 Å². The summed E-state index contributed by atoms with van der Waals surface area (Å²) >= 11 is 0. The van der Waals surface area contributed by atoms with Crippen molar-refractivity contribution in [3.63, 3.8) is 0 Å². The maximum absolute atomic E-state index is 13.4. The van der Waals surface area contributed by atoms with Crippen LogP contribution in [0, 0.1) is 19.7 Å². The molecule has 1 aromatic heterocycles. The van der Waals surface area contributed by atoms with Crippen molar-refractivity contribution in [2.75, 3.05) is 0 Å². The Balaban J connectivity index is 1.92. The fraction of sp³-hybridized carbons (Fsp3) is 0.286. The lowest BCUT2D eigenvalue weighted by atomic mass is 10.2. The highest BCUT2D eigenvalue weighted by molar-refractivity contribution is 5.78. The van der Waals surface area contributed by atoms with Crippen LogP contribution in [0.3, 0.4) is 0 Å². The number of rotatable bonds is 4. The second-order valence-corrected chi connectivity index (χ2v) is 4.29. The van der Waals surface area contributed by atoms with Gasteiger partial charge >= 0.3 is 0 Å². The molecule has 0 atom stereocenters. The number of halogens is 1. The van der Waals surface area contributed by atoms with Crippen molar-refractivity contribution in [2.45, 2.75) is 26.8 Å². The molecule has 0 saturated heterocycles. The molecule has 0 spiro atoms. The lowest BCUT2D eigenvalue weighted by Gasteiger charge is -2.05. The molecule has 19 heavy (non-hydrogen) atoms. The first-order valence-electron chi connectivity index (χ1n) is 5.99. The van der Waals surface area contributed by atoms with Gasteiger partial charge in [-0.2, -0.15) is 0 Å². The van der Waals surface area contributed by atoms with E-state index >= 15 is 0 Å². The number of benzene rings is 1. The number of carbonyl (C=O) groups excluding carboxylic acids is 1. The van der Waals surface area contributed by atoms with Crippen LogP contribution in [0.1, 0.15) is 22.9 Å². The topological polar surface area (TPSA) is 55.1 Å². The smallest absolute Gasteiger partial charge is 0.227 e. The third-order valence-corrected chi connectivity index (χ3v) is 2.75. The Morgan fingerprint density at radius 2 is 2.11 bits per heavy atom. The standard InChI is InChI=1S/C14H15FN2O2/c1-9-13(19-10(2)17-9)7-14(18)16-8-11-5-3-4-6-12(11)15/h3-6H,7-8H2,1-2H3,(H,16,18). The van der Waals surface area contributed by atoms with Gasteiger partial charge in [0.15, 0.2) is 5.89 Å². The largest absolute Gasteiger partial charge is 0.445 e. The van der Waals surface area contributed by atoms with E-state index in [-0.39, 0.29) is 24.7 Å². The number of nitrogens with zero attached hydrogens (tertiary/aromatic N) is 1. The molecule has 100 valence electrons. The molecule has 1 amide bonds. The molecule has 0 bridgehead atoms. The molecule has 2 rings (SSSR count). The molecule has 1 heterocycles. The van der Waals surface area contributed by atoms with E-state index in [1.165, 1.54) is 6.07 Å². The van der Waals surface area contributed by atoms with Crippen molar-refractivity contribution in [3.8, 4) is 0 Å². The van der Waals surface area contributed by atoms with Gasteiger partial charge in [0.25, 0.3) is 0 Å². The highest BCUT2D eigenvalue weighted by Crippen LogP contribution is 2.10. The normalized spacial score (nSPS) is 10.5. The van der Waals surface area contributed by atoms with Crippen LogP contribution in [-0.4, -0.2) is 10.9 Å². The first-order chi connectivity index (χ1) is 9.06. The van der Waals surface area contributed by atoms with E-state index in [0.29, 0.717) is 22.9 Å². The van der Waals surface area contributed by atoms with Gasteiger partial charge in [-0.15, -0.1) is 0 Å². The second kappa shape index (κ2) is 5.65. The zero-order chi connectivity index (χ0) is 13.8. The Bertz CT molecular complexity index is 593. The number of amides is 1. The van der Waals surface area contributed by atoms with Gasteiger partial charge in [0.1, 0.15) is 11.6 Å². The van der Waals surface area contributed by atoms with E-state index in [1.807, 2.05) is 0 Å². The zero-order valence-corrected chi connectivity index (χ0v) is 10.9. The second-order valence-electron chi connectivity index (χ2n) is 4.29. The summed E-state index contributed by atoms with van der Waals surface area (Å²) in [6, 6.07) is 6.35. The SMILES string of the molecule is Cc1nc(C)c(CC(=O)NCc2ccccc2F)o1. The number of oxazole rings is 1. The Hall–Kier alpha value is -2.17. The summed E-state index contributed by atoms with van der Waals surface area (Å²) in [5.74, 6) is 0.537. The van der Waals surface area contributed by atoms with Gasteiger partial charge in [0.05, 0.1) is 12.1 Å². The number of hydrogen-bond donors (Lipinski definition) is 1. The van der Waals surface area contributed by atoms with Crippen LogP contribution in [0.15, 0.2) is 28.7 Å². The third kappa shape index (κ3) is 3.40. The van der Waals surface area contributed by atoms with E-state index in [9.17, 15) is 9.18 Å². The molecule has 0 unspecified atom stereocenters. The minimum absolute atomic E-state index is 0.112. The van der Waals surface area contributed by atoms with E-state index < -0.39 is 0 Å². The maximum atomic E-state index is 13.4. The van der Waals surface area contributed by atoms with Crippen LogP contribution in [0.4, 0.5) is 4.39 Å². The summed E-state index contributed by atoms with van der Waals surface area (Å²) in [5.41, 5.74) is 1.17. The van der Waals surface area contributed by atoms with Crippen LogP contribution >= 0.6 is 0 Å². The number of aryl methyl sites for hydroxylation is 2. The van der Waals surface area contributed by atoms with Crippen LogP contribution in [0.2, 0.25) is 0 Å². The molecule has 4 nitrogen and oxygen atoms in total. The van der Waals surface area contributed by atoms with E-state index in [2.05, 4.69) is 10.3 Å². The molecule has 0 fully saturated rings. The zero-order valence-electron chi connectivity index (χ0n) is 10.9. The minimum Gasteiger partial charge on any atom is -0.445 e. The van der Waals surface area contributed by atoms with Crippen LogP contribution in [0.25, 0.3) is 0 Å². The lowest BCUT2D eigenvalue weighted by molar-refractivity contribution is -0.120. The summed E-state index contributed by atoms with van der Waals surface area (Å²) in [6.07, 6.45) is 0.112. The van der Waals surface area contributed by atoms with E-state index in [1.54, 1.807) is 32.0 Å². The van der Waals surface area contributed by atoms with Gasteiger partial charge in [0, 0.05) is 19.0 Å². The van der Waals surface area contributed by atoms with Gasteiger partial charge in [-0.3, -0.25) is 4.79 Å².